The lowest BCUT2D eigenvalue weighted by Gasteiger charge is -2.35. The number of H-pyrrole nitrogens is 1. The van der Waals surface area contributed by atoms with Crippen molar-refractivity contribution < 1.29 is 0 Å². The van der Waals surface area contributed by atoms with Gasteiger partial charge in [-0.3, -0.25) is 4.90 Å². The zero-order chi connectivity index (χ0) is 14.8. The summed E-state index contributed by atoms with van der Waals surface area (Å²) < 4.78 is 0. The van der Waals surface area contributed by atoms with E-state index in [1.807, 2.05) is 12.4 Å². The molecule has 1 unspecified atom stereocenters. The van der Waals surface area contributed by atoms with Crippen LogP contribution in [0.1, 0.15) is 36.6 Å². The summed E-state index contributed by atoms with van der Waals surface area (Å²) in [6, 6.07) is 11.1. The maximum atomic E-state index is 4.49. The highest BCUT2D eigenvalue weighted by Crippen LogP contribution is 2.32. The number of rotatable bonds is 3. The van der Waals surface area contributed by atoms with Crippen LogP contribution >= 0.6 is 0 Å². The van der Waals surface area contributed by atoms with E-state index in [1.54, 1.807) is 6.33 Å². The van der Waals surface area contributed by atoms with Crippen LogP contribution in [0.25, 0.3) is 10.9 Å². The van der Waals surface area contributed by atoms with Crippen LogP contribution in [0.2, 0.25) is 0 Å². The van der Waals surface area contributed by atoms with Gasteiger partial charge in [-0.2, -0.15) is 0 Å². The molecule has 4 rings (SSSR count). The van der Waals surface area contributed by atoms with Gasteiger partial charge in [0, 0.05) is 29.8 Å². The van der Waals surface area contributed by atoms with Crippen LogP contribution in [-0.2, 0) is 6.54 Å². The van der Waals surface area contributed by atoms with Gasteiger partial charge in [0.25, 0.3) is 0 Å². The van der Waals surface area contributed by atoms with Gasteiger partial charge in [0.05, 0.1) is 11.7 Å². The third-order valence-electron chi connectivity index (χ3n) is 4.62. The standard InChI is InChI=1S/C18H20N4/c1-2-11-22(18(6-1)17-8-9-19-13-21-17)12-14-4-3-5-16-15(14)7-10-20-16/h3-5,7-10,13,18,20H,1-2,6,11-12H2. The lowest BCUT2D eigenvalue weighted by atomic mass is 9.97. The third kappa shape index (κ3) is 2.50. The van der Waals surface area contributed by atoms with Crippen molar-refractivity contribution >= 4 is 10.9 Å². The minimum absolute atomic E-state index is 0.408. The van der Waals surface area contributed by atoms with Gasteiger partial charge in [-0.25, -0.2) is 9.97 Å². The van der Waals surface area contributed by atoms with Gasteiger partial charge < -0.3 is 4.98 Å². The highest BCUT2D eigenvalue weighted by atomic mass is 15.2. The van der Waals surface area contributed by atoms with E-state index in [9.17, 15) is 0 Å². The number of nitrogens with one attached hydrogen (secondary N) is 1. The molecule has 2 aromatic heterocycles. The molecule has 0 aliphatic carbocycles. The van der Waals surface area contributed by atoms with Crippen molar-refractivity contribution in [1.29, 1.82) is 0 Å². The Labute approximate surface area is 130 Å². The summed E-state index contributed by atoms with van der Waals surface area (Å²) in [5, 5.41) is 1.33. The predicted molar refractivity (Wildman–Crippen MR) is 87.3 cm³/mol. The summed E-state index contributed by atoms with van der Waals surface area (Å²) in [4.78, 5) is 14.4. The molecule has 1 aromatic carbocycles. The number of hydrogen-bond donors (Lipinski definition) is 1. The van der Waals surface area contributed by atoms with Crippen LogP contribution in [0, 0.1) is 0 Å². The summed E-state index contributed by atoms with van der Waals surface area (Å²) in [5.74, 6) is 0. The minimum Gasteiger partial charge on any atom is -0.361 e. The monoisotopic (exact) mass is 292 g/mol. The van der Waals surface area contributed by atoms with E-state index in [4.69, 9.17) is 0 Å². The zero-order valence-electron chi connectivity index (χ0n) is 12.6. The van der Waals surface area contributed by atoms with Crippen LogP contribution in [0.15, 0.2) is 49.1 Å². The second-order valence-corrected chi connectivity index (χ2v) is 5.97. The van der Waals surface area contributed by atoms with E-state index in [-0.39, 0.29) is 0 Å². The van der Waals surface area contributed by atoms with E-state index < -0.39 is 0 Å². The molecule has 3 heterocycles. The van der Waals surface area contributed by atoms with E-state index >= 15 is 0 Å². The molecule has 1 N–H and O–H groups in total. The summed E-state index contributed by atoms with van der Waals surface area (Å²) in [6.07, 6.45) is 9.26. The third-order valence-corrected chi connectivity index (χ3v) is 4.62. The molecule has 0 amide bonds. The van der Waals surface area contributed by atoms with Crippen molar-refractivity contribution in [3.63, 3.8) is 0 Å². The number of likely N-dealkylation sites (tertiary alicyclic amines) is 1. The topological polar surface area (TPSA) is 44.8 Å². The van der Waals surface area contributed by atoms with Crippen molar-refractivity contribution in [3.05, 3.63) is 60.3 Å². The van der Waals surface area contributed by atoms with Crippen LogP contribution in [0.5, 0.6) is 0 Å². The first-order valence-electron chi connectivity index (χ1n) is 7.97. The normalized spacial score (nSPS) is 19.5. The first-order chi connectivity index (χ1) is 10.9. The lowest BCUT2D eigenvalue weighted by Crippen LogP contribution is -2.33. The van der Waals surface area contributed by atoms with Crippen LogP contribution in [0.3, 0.4) is 0 Å². The summed E-state index contributed by atoms with van der Waals surface area (Å²) in [5.41, 5.74) is 3.75. The van der Waals surface area contributed by atoms with Gasteiger partial charge in [-0.05, 0) is 43.1 Å². The predicted octanol–water partition coefficient (Wildman–Crippen LogP) is 3.69. The molecule has 112 valence electrons. The summed E-state index contributed by atoms with van der Waals surface area (Å²) >= 11 is 0. The number of nitrogens with zero attached hydrogens (tertiary/aromatic N) is 3. The fourth-order valence-corrected chi connectivity index (χ4v) is 3.52. The fraction of sp³-hybridized carbons (Fsp3) is 0.333. The molecule has 1 atom stereocenters. The average molecular weight is 292 g/mol. The van der Waals surface area contributed by atoms with Gasteiger partial charge >= 0.3 is 0 Å². The van der Waals surface area contributed by atoms with Gasteiger partial charge in [0.15, 0.2) is 0 Å². The SMILES string of the molecule is c1cc(CN2CCCCC2c2ccncn2)c2cc[nH]c2c1. The highest BCUT2D eigenvalue weighted by Gasteiger charge is 2.25. The van der Waals surface area contributed by atoms with Gasteiger partial charge in [-0.1, -0.05) is 18.6 Å². The van der Waals surface area contributed by atoms with Gasteiger partial charge in [-0.15, -0.1) is 0 Å². The molecule has 4 heteroatoms. The van der Waals surface area contributed by atoms with Crippen LogP contribution < -0.4 is 0 Å². The van der Waals surface area contributed by atoms with E-state index in [0.717, 1.165) is 18.8 Å². The quantitative estimate of drug-likeness (QED) is 0.801. The first kappa shape index (κ1) is 13.5. The largest absolute Gasteiger partial charge is 0.361 e. The van der Waals surface area contributed by atoms with E-state index in [0.29, 0.717) is 6.04 Å². The second-order valence-electron chi connectivity index (χ2n) is 5.97. The van der Waals surface area contributed by atoms with E-state index in [2.05, 4.69) is 50.2 Å². The first-order valence-corrected chi connectivity index (χ1v) is 7.97. The van der Waals surface area contributed by atoms with E-state index in [1.165, 1.54) is 35.7 Å². The van der Waals surface area contributed by atoms with Crippen LogP contribution in [-0.4, -0.2) is 26.4 Å². The summed E-state index contributed by atoms with van der Waals surface area (Å²) in [7, 11) is 0. The Hall–Kier alpha value is -2.20. The Balaban J connectivity index is 1.64. The molecular weight excluding hydrogens is 272 g/mol. The molecule has 0 radical (unpaired) electrons. The number of piperidine rings is 1. The lowest BCUT2D eigenvalue weighted by molar-refractivity contribution is 0.137. The van der Waals surface area contributed by atoms with Crippen molar-refractivity contribution in [1.82, 2.24) is 19.9 Å². The highest BCUT2D eigenvalue weighted by molar-refractivity contribution is 5.82. The van der Waals surface area contributed by atoms with Gasteiger partial charge in [0.2, 0.25) is 0 Å². The van der Waals surface area contributed by atoms with Gasteiger partial charge in [0.1, 0.15) is 6.33 Å². The number of aromatic nitrogens is 3. The molecule has 4 nitrogen and oxygen atoms in total. The molecule has 1 aliphatic heterocycles. The molecular formula is C18H20N4. The Morgan fingerprint density at radius 2 is 2.18 bits per heavy atom. The second kappa shape index (κ2) is 5.89. The van der Waals surface area contributed by atoms with Crippen molar-refractivity contribution in [2.75, 3.05) is 6.54 Å². The zero-order valence-corrected chi connectivity index (χ0v) is 12.6. The van der Waals surface area contributed by atoms with Crippen molar-refractivity contribution in [2.45, 2.75) is 31.8 Å². The fourth-order valence-electron chi connectivity index (χ4n) is 3.52. The maximum Gasteiger partial charge on any atom is 0.115 e. The molecule has 1 saturated heterocycles. The summed E-state index contributed by atoms with van der Waals surface area (Å²) in [6.45, 7) is 2.11. The number of hydrogen-bond acceptors (Lipinski definition) is 3. The number of benzene rings is 1. The van der Waals surface area contributed by atoms with Crippen LogP contribution in [0.4, 0.5) is 0 Å². The Bertz CT molecular complexity index is 750. The molecule has 0 spiro atoms. The smallest absolute Gasteiger partial charge is 0.115 e. The molecule has 3 aromatic rings. The molecule has 0 bridgehead atoms. The molecule has 0 saturated carbocycles. The molecule has 1 aliphatic rings. The van der Waals surface area contributed by atoms with Crippen molar-refractivity contribution in [3.8, 4) is 0 Å². The Kier molecular flexibility index (Phi) is 3.60. The Morgan fingerprint density at radius 3 is 3.09 bits per heavy atom. The number of fused-ring (bicyclic) bond motifs is 1. The minimum atomic E-state index is 0.408. The Morgan fingerprint density at radius 1 is 1.18 bits per heavy atom. The molecule has 1 fully saturated rings. The molecule has 22 heavy (non-hydrogen) atoms. The van der Waals surface area contributed by atoms with Crippen molar-refractivity contribution in [2.24, 2.45) is 0 Å². The maximum absolute atomic E-state index is 4.49. The average Bonchev–Trinajstić information content (AvgIpc) is 3.06. The number of aromatic amines is 1.